The molecule has 0 spiro atoms. The van der Waals surface area contributed by atoms with E-state index < -0.39 is 10.0 Å². The van der Waals surface area contributed by atoms with Crippen molar-refractivity contribution in [2.75, 3.05) is 19.4 Å². The second kappa shape index (κ2) is 6.61. The number of fused-ring (bicyclic) bond motifs is 2. The molecule has 1 aromatic carbocycles. The van der Waals surface area contributed by atoms with Crippen LogP contribution in [-0.4, -0.2) is 38.0 Å². The van der Waals surface area contributed by atoms with Crippen LogP contribution in [0.3, 0.4) is 0 Å². The molecule has 5 nitrogen and oxygen atoms in total. The minimum absolute atomic E-state index is 0.306. The van der Waals surface area contributed by atoms with Gasteiger partial charge in [-0.3, -0.25) is 0 Å². The zero-order valence-corrected chi connectivity index (χ0v) is 16.0. The monoisotopic (exact) mass is 367 g/mol. The third kappa shape index (κ3) is 3.43. The summed E-state index contributed by atoms with van der Waals surface area (Å²) < 4.78 is 26.0. The molecule has 2 fully saturated rings. The molecule has 1 aromatic rings. The molecule has 0 heterocycles. The Morgan fingerprint density at radius 3 is 2.58 bits per heavy atom. The molecule has 2 N–H and O–H groups in total. The van der Waals surface area contributed by atoms with Gasteiger partial charge < -0.3 is 10.6 Å². The van der Waals surface area contributed by atoms with Crippen LogP contribution >= 0.6 is 12.2 Å². The summed E-state index contributed by atoms with van der Waals surface area (Å²) in [5.74, 6) is 1.59. The largest absolute Gasteiger partial charge is 0.359 e. The number of benzene rings is 1. The minimum Gasteiger partial charge on any atom is -0.359 e. The van der Waals surface area contributed by atoms with Crippen molar-refractivity contribution in [3.05, 3.63) is 23.8 Å². The summed E-state index contributed by atoms with van der Waals surface area (Å²) >= 11 is 5.43. The van der Waals surface area contributed by atoms with Gasteiger partial charge in [0.25, 0.3) is 0 Å². The van der Waals surface area contributed by atoms with Crippen LogP contribution in [0, 0.1) is 18.8 Å². The van der Waals surface area contributed by atoms with Crippen LogP contribution in [-0.2, 0) is 10.0 Å². The Labute approximate surface area is 149 Å². The number of thiocarbonyl (C=S) groups is 1. The van der Waals surface area contributed by atoms with Gasteiger partial charge in [0.05, 0.1) is 4.90 Å². The van der Waals surface area contributed by atoms with Gasteiger partial charge in [-0.25, -0.2) is 12.7 Å². The molecule has 3 atom stereocenters. The molecular formula is C17H25N3O2S2. The third-order valence-corrected chi connectivity index (χ3v) is 7.44. The zero-order chi connectivity index (χ0) is 17.5. The molecule has 3 rings (SSSR count). The van der Waals surface area contributed by atoms with Crippen LogP contribution in [0.4, 0.5) is 5.69 Å². The van der Waals surface area contributed by atoms with Gasteiger partial charge in [0.1, 0.15) is 0 Å². The number of anilines is 1. The predicted octanol–water partition coefficient (Wildman–Crippen LogP) is 2.72. The highest BCUT2D eigenvalue weighted by atomic mass is 32.2. The molecule has 0 unspecified atom stereocenters. The summed E-state index contributed by atoms with van der Waals surface area (Å²) in [6, 6.07) is 5.77. The van der Waals surface area contributed by atoms with E-state index in [2.05, 4.69) is 10.6 Å². The van der Waals surface area contributed by atoms with Crippen LogP contribution in [0.15, 0.2) is 23.1 Å². The standard InChI is InChI=1S/C17H25N3O2S2/c1-11-4-7-14(10-16(11)24(21,22)20(2)3)18-17(23)19-15-9-12-5-6-13(15)8-12/h4,7,10,12-13,15H,5-6,8-9H2,1-3H3,(H2,18,19,23)/t12-,13-,15+/m1/s1. The number of rotatable bonds is 4. The molecule has 0 saturated heterocycles. The SMILES string of the molecule is Cc1ccc(NC(=S)N[C@H]2C[C@@H]3CC[C@@H]2C3)cc1S(=O)(=O)N(C)C. The average Bonchev–Trinajstić information content (AvgIpc) is 3.11. The molecule has 2 aliphatic rings. The quantitative estimate of drug-likeness (QED) is 0.801. The number of sulfonamides is 1. The van der Waals surface area contributed by atoms with Crippen molar-refractivity contribution in [2.24, 2.45) is 11.8 Å². The molecule has 0 aromatic heterocycles. The first kappa shape index (κ1) is 17.6. The minimum atomic E-state index is -3.47. The van der Waals surface area contributed by atoms with Crippen LogP contribution in [0.25, 0.3) is 0 Å². The summed E-state index contributed by atoms with van der Waals surface area (Å²) in [5, 5.41) is 7.13. The van der Waals surface area contributed by atoms with Gasteiger partial charge >= 0.3 is 0 Å². The molecule has 24 heavy (non-hydrogen) atoms. The van der Waals surface area contributed by atoms with Gasteiger partial charge in [-0.1, -0.05) is 12.5 Å². The molecule has 132 valence electrons. The van der Waals surface area contributed by atoms with E-state index >= 15 is 0 Å². The number of nitrogens with zero attached hydrogens (tertiary/aromatic N) is 1. The summed E-state index contributed by atoms with van der Waals surface area (Å²) in [6.45, 7) is 1.80. The van der Waals surface area contributed by atoms with Crippen molar-refractivity contribution in [1.29, 1.82) is 0 Å². The van der Waals surface area contributed by atoms with E-state index in [4.69, 9.17) is 12.2 Å². The van der Waals surface area contributed by atoms with Crippen LogP contribution in [0.1, 0.15) is 31.2 Å². The maximum atomic E-state index is 12.4. The Balaban J connectivity index is 1.70. The topological polar surface area (TPSA) is 61.4 Å². The first-order valence-corrected chi connectivity index (χ1v) is 10.2. The first-order valence-electron chi connectivity index (χ1n) is 8.38. The van der Waals surface area contributed by atoms with E-state index in [1.54, 1.807) is 19.1 Å². The van der Waals surface area contributed by atoms with E-state index in [9.17, 15) is 8.42 Å². The second-order valence-corrected chi connectivity index (χ2v) is 9.68. The highest BCUT2D eigenvalue weighted by molar-refractivity contribution is 7.89. The lowest BCUT2D eigenvalue weighted by Gasteiger charge is -2.24. The third-order valence-electron chi connectivity index (χ3n) is 5.26. The van der Waals surface area contributed by atoms with Crippen molar-refractivity contribution < 1.29 is 8.42 Å². The second-order valence-electron chi connectivity index (χ2n) is 7.15. The molecular weight excluding hydrogens is 342 g/mol. The predicted molar refractivity (Wildman–Crippen MR) is 101 cm³/mol. The Bertz CT molecular complexity index is 746. The number of nitrogens with one attached hydrogen (secondary N) is 2. The normalized spacial score (nSPS) is 25.9. The van der Waals surface area contributed by atoms with Crippen molar-refractivity contribution >= 4 is 33.0 Å². The summed E-state index contributed by atoms with van der Waals surface area (Å²) in [5.41, 5.74) is 1.42. The van der Waals surface area contributed by atoms with E-state index in [1.165, 1.54) is 44.1 Å². The van der Waals surface area contributed by atoms with Crippen molar-refractivity contribution in [1.82, 2.24) is 9.62 Å². The summed E-state index contributed by atoms with van der Waals surface area (Å²) in [4.78, 5) is 0.306. The Morgan fingerprint density at radius 2 is 2.00 bits per heavy atom. The lowest BCUT2D eigenvalue weighted by atomic mass is 9.96. The van der Waals surface area contributed by atoms with Crippen LogP contribution in [0.2, 0.25) is 0 Å². The number of hydrogen-bond acceptors (Lipinski definition) is 3. The van der Waals surface area contributed by atoms with E-state index in [-0.39, 0.29) is 0 Å². The summed E-state index contributed by atoms with van der Waals surface area (Å²) in [6.07, 6.45) is 5.16. The zero-order valence-electron chi connectivity index (χ0n) is 14.4. The van der Waals surface area contributed by atoms with Gasteiger partial charge in [0.2, 0.25) is 10.0 Å². The molecule has 0 aliphatic heterocycles. The van der Waals surface area contributed by atoms with Crippen molar-refractivity contribution in [3.8, 4) is 0 Å². The molecule has 2 bridgehead atoms. The molecule has 7 heteroatoms. The fraction of sp³-hybridized carbons (Fsp3) is 0.588. The van der Waals surface area contributed by atoms with E-state index in [0.717, 1.165) is 17.4 Å². The Kier molecular flexibility index (Phi) is 4.86. The fourth-order valence-corrected chi connectivity index (χ4v) is 5.32. The smallest absolute Gasteiger partial charge is 0.242 e. The van der Waals surface area contributed by atoms with Gasteiger partial charge in [-0.15, -0.1) is 0 Å². The maximum absolute atomic E-state index is 12.4. The summed E-state index contributed by atoms with van der Waals surface area (Å²) in [7, 11) is -0.390. The van der Waals surface area contributed by atoms with Gasteiger partial charge in [0, 0.05) is 25.8 Å². The van der Waals surface area contributed by atoms with Crippen molar-refractivity contribution in [3.63, 3.8) is 0 Å². The van der Waals surface area contributed by atoms with Gasteiger partial charge in [0.15, 0.2) is 5.11 Å². The number of aryl methyl sites for hydroxylation is 1. The highest BCUT2D eigenvalue weighted by Gasteiger charge is 2.39. The molecule has 0 amide bonds. The van der Waals surface area contributed by atoms with Gasteiger partial charge in [-0.2, -0.15) is 0 Å². The maximum Gasteiger partial charge on any atom is 0.242 e. The van der Waals surface area contributed by atoms with Crippen LogP contribution in [0.5, 0.6) is 0 Å². The molecule has 2 aliphatic carbocycles. The van der Waals surface area contributed by atoms with Crippen LogP contribution < -0.4 is 10.6 Å². The molecule has 2 saturated carbocycles. The highest BCUT2D eigenvalue weighted by Crippen LogP contribution is 2.44. The lowest BCUT2D eigenvalue weighted by Crippen LogP contribution is -2.40. The van der Waals surface area contributed by atoms with E-state index in [1.807, 2.05) is 6.07 Å². The lowest BCUT2D eigenvalue weighted by molar-refractivity contribution is 0.392. The number of hydrogen-bond donors (Lipinski definition) is 2. The van der Waals surface area contributed by atoms with Gasteiger partial charge in [-0.05, 0) is 67.9 Å². The average molecular weight is 368 g/mol. The Morgan fingerprint density at radius 1 is 1.25 bits per heavy atom. The van der Waals surface area contributed by atoms with E-state index in [0.29, 0.717) is 21.7 Å². The van der Waals surface area contributed by atoms with Crippen molar-refractivity contribution in [2.45, 2.75) is 43.5 Å². The molecule has 0 radical (unpaired) electrons. The fourth-order valence-electron chi connectivity index (χ4n) is 3.91. The first-order chi connectivity index (χ1) is 11.3. The Hall–Kier alpha value is -1.18.